The minimum atomic E-state index is -0.603. The van der Waals surface area contributed by atoms with Gasteiger partial charge in [-0.1, -0.05) is 25.1 Å². The monoisotopic (exact) mass is 303 g/mol. The van der Waals surface area contributed by atoms with Gasteiger partial charge in [0.15, 0.2) is 0 Å². The molecular weight excluding hydrogens is 278 g/mol. The molecular formula is C18H25NO3. The molecule has 0 unspecified atom stereocenters. The number of hydrogen-bond donors (Lipinski definition) is 2. The Morgan fingerprint density at radius 2 is 1.86 bits per heavy atom. The van der Waals surface area contributed by atoms with E-state index < -0.39 is 5.97 Å². The highest BCUT2D eigenvalue weighted by molar-refractivity contribution is 5.85. The zero-order valence-electron chi connectivity index (χ0n) is 13.9. The van der Waals surface area contributed by atoms with Crippen LogP contribution in [0.4, 0.5) is 0 Å². The maximum absolute atomic E-state index is 11.8. The maximum Gasteiger partial charge on any atom is 0.339 e. The van der Waals surface area contributed by atoms with E-state index in [9.17, 15) is 9.90 Å². The predicted octanol–water partition coefficient (Wildman–Crippen LogP) is 4.11. The van der Waals surface area contributed by atoms with Crippen LogP contribution in [0.3, 0.4) is 0 Å². The van der Waals surface area contributed by atoms with E-state index in [0.29, 0.717) is 11.3 Å². The fourth-order valence-electron chi connectivity index (χ4n) is 1.91. The van der Waals surface area contributed by atoms with E-state index in [0.717, 1.165) is 18.2 Å². The average Bonchev–Trinajstić information content (AvgIpc) is 2.43. The lowest BCUT2D eigenvalue weighted by Gasteiger charge is -2.25. The Kier molecular flexibility index (Phi) is 6.23. The Bertz CT molecular complexity index is 566. The molecule has 0 spiro atoms. The number of carbonyl (C=O) groups is 1. The summed E-state index contributed by atoms with van der Waals surface area (Å²) < 4.78 is 5.13. The number of esters is 1. The van der Waals surface area contributed by atoms with Gasteiger partial charge in [-0.3, -0.25) is 0 Å². The van der Waals surface area contributed by atoms with E-state index in [-0.39, 0.29) is 11.3 Å². The van der Waals surface area contributed by atoms with E-state index >= 15 is 0 Å². The lowest BCUT2D eigenvalue weighted by Crippen LogP contribution is -2.35. The van der Waals surface area contributed by atoms with Crippen molar-refractivity contribution in [3.8, 4) is 5.75 Å². The van der Waals surface area contributed by atoms with Crippen LogP contribution in [0.2, 0.25) is 0 Å². The van der Waals surface area contributed by atoms with Crippen LogP contribution in [0, 0.1) is 0 Å². The third kappa shape index (κ3) is 6.04. The first kappa shape index (κ1) is 17.8. The number of rotatable bonds is 5. The highest BCUT2D eigenvalue weighted by Crippen LogP contribution is 2.17. The van der Waals surface area contributed by atoms with Crippen molar-refractivity contribution in [2.24, 2.45) is 0 Å². The summed E-state index contributed by atoms with van der Waals surface area (Å²) in [6, 6.07) is 8.76. The number of aliphatic hydroxyl groups excluding tert-OH is 1. The Morgan fingerprint density at radius 3 is 2.36 bits per heavy atom. The highest BCUT2D eigenvalue weighted by atomic mass is 16.5. The van der Waals surface area contributed by atoms with Crippen LogP contribution in [-0.4, -0.2) is 16.6 Å². The molecule has 1 aromatic carbocycles. The van der Waals surface area contributed by atoms with Crippen molar-refractivity contribution < 1.29 is 14.6 Å². The number of aliphatic hydroxyl groups is 1. The molecule has 4 nitrogen and oxygen atoms in total. The van der Waals surface area contributed by atoms with Crippen molar-refractivity contribution in [1.82, 2.24) is 5.32 Å². The number of para-hydroxylation sites is 1. The summed E-state index contributed by atoms with van der Waals surface area (Å²) in [4.78, 5) is 11.8. The van der Waals surface area contributed by atoms with Crippen molar-refractivity contribution in [3.63, 3.8) is 0 Å². The third-order valence-corrected chi connectivity index (χ3v) is 2.93. The molecule has 1 aromatic rings. The van der Waals surface area contributed by atoms with Gasteiger partial charge in [0.2, 0.25) is 0 Å². The first-order chi connectivity index (χ1) is 10.2. The van der Waals surface area contributed by atoms with Gasteiger partial charge >= 0.3 is 5.97 Å². The van der Waals surface area contributed by atoms with Crippen molar-refractivity contribution in [3.05, 3.63) is 53.4 Å². The number of benzene rings is 1. The Hall–Kier alpha value is -2.23. The van der Waals surface area contributed by atoms with Crippen LogP contribution >= 0.6 is 0 Å². The second-order valence-corrected chi connectivity index (χ2v) is 6.10. The van der Waals surface area contributed by atoms with E-state index in [1.807, 2.05) is 33.8 Å². The first-order valence-corrected chi connectivity index (χ1v) is 7.38. The van der Waals surface area contributed by atoms with Gasteiger partial charge < -0.3 is 15.2 Å². The van der Waals surface area contributed by atoms with Crippen molar-refractivity contribution in [1.29, 1.82) is 0 Å². The smallest absolute Gasteiger partial charge is 0.339 e. The molecule has 0 radical (unpaired) electrons. The molecule has 2 N–H and O–H groups in total. The minimum Gasteiger partial charge on any atom is -0.507 e. The molecule has 0 heterocycles. The standard InChI is InChI=1S/C18H25NO3/c1-6-15(19-18(3,4)5)13(2)16(20)12-17(21)22-14-10-8-7-9-11-14/h7-12,19-20H,6H2,1-5H3/b15-13-,16-12-. The number of ether oxygens (including phenoxy) is 1. The van der Waals surface area contributed by atoms with Gasteiger partial charge in [0.05, 0.1) is 6.08 Å². The van der Waals surface area contributed by atoms with Gasteiger partial charge in [-0.05, 0) is 46.2 Å². The fraction of sp³-hybridized carbons (Fsp3) is 0.389. The van der Waals surface area contributed by atoms with Gasteiger partial charge in [0, 0.05) is 16.8 Å². The van der Waals surface area contributed by atoms with E-state index in [1.54, 1.807) is 31.2 Å². The Morgan fingerprint density at radius 1 is 1.27 bits per heavy atom. The van der Waals surface area contributed by atoms with Crippen LogP contribution in [0.15, 0.2) is 53.4 Å². The number of carbonyl (C=O) groups excluding carboxylic acids is 1. The quantitative estimate of drug-likeness (QED) is 0.283. The summed E-state index contributed by atoms with van der Waals surface area (Å²) in [5.74, 6) is -0.245. The van der Waals surface area contributed by atoms with Gasteiger partial charge in [-0.25, -0.2) is 4.79 Å². The minimum absolute atomic E-state index is 0.0884. The third-order valence-electron chi connectivity index (χ3n) is 2.93. The second kappa shape index (κ2) is 7.69. The molecule has 0 saturated heterocycles. The molecule has 0 fully saturated rings. The summed E-state index contributed by atoms with van der Waals surface area (Å²) in [6.45, 7) is 9.90. The summed E-state index contributed by atoms with van der Waals surface area (Å²) in [5.41, 5.74) is 1.42. The first-order valence-electron chi connectivity index (χ1n) is 7.38. The molecule has 4 heteroatoms. The normalized spacial score (nSPS) is 13.4. The molecule has 0 amide bonds. The second-order valence-electron chi connectivity index (χ2n) is 6.10. The lowest BCUT2D eigenvalue weighted by atomic mass is 10.1. The van der Waals surface area contributed by atoms with Gasteiger partial charge in [0.1, 0.15) is 11.5 Å². The zero-order valence-corrected chi connectivity index (χ0v) is 13.9. The van der Waals surface area contributed by atoms with Gasteiger partial charge in [-0.2, -0.15) is 0 Å². The van der Waals surface area contributed by atoms with Gasteiger partial charge in [0.25, 0.3) is 0 Å². The maximum atomic E-state index is 11.8. The lowest BCUT2D eigenvalue weighted by molar-refractivity contribution is -0.129. The van der Waals surface area contributed by atoms with Crippen LogP contribution in [-0.2, 0) is 4.79 Å². The van der Waals surface area contributed by atoms with Crippen LogP contribution in [0.25, 0.3) is 0 Å². The molecule has 22 heavy (non-hydrogen) atoms. The number of hydrogen-bond acceptors (Lipinski definition) is 4. The molecule has 120 valence electrons. The largest absolute Gasteiger partial charge is 0.507 e. The summed E-state index contributed by atoms with van der Waals surface area (Å²) in [6.07, 6.45) is 1.83. The summed E-state index contributed by atoms with van der Waals surface area (Å²) in [5, 5.41) is 13.5. The topological polar surface area (TPSA) is 58.6 Å². The van der Waals surface area contributed by atoms with Crippen LogP contribution < -0.4 is 10.1 Å². The van der Waals surface area contributed by atoms with Crippen molar-refractivity contribution in [2.45, 2.75) is 46.6 Å². The van der Waals surface area contributed by atoms with E-state index in [2.05, 4.69) is 5.32 Å². The zero-order chi connectivity index (χ0) is 16.8. The Balaban J connectivity index is 2.87. The van der Waals surface area contributed by atoms with Gasteiger partial charge in [-0.15, -0.1) is 0 Å². The van der Waals surface area contributed by atoms with Crippen molar-refractivity contribution in [2.75, 3.05) is 0 Å². The average molecular weight is 303 g/mol. The predicted molar refractivity (Wildman–Crippen MR) is 88.7 cm³/mol. The molecule has 0 aromatic heterocycles. The number of allylic oxidation sites excluding steroid dienone is 2. The SMILES string of the molecule is CC/C(NC(C)(C)C)=C(C)/C(O)=C/C(=O)Oc1ccccc1. The molecule has 0 aliphatic carbocycles. The number of nitrogens with one attached hydrogen (secondary N) is 1. The van der Waals surface area contributed by atoms with Crippen molar-refractivity contribution >= 4 is 5.97 Å². The van der Waals surface area contributed by atoms with Crippen LogP contribution in [0.1, 0.15) is 41.0 Å². The molecule has 0 aliphatic rings. The summed E-state index contributed by atoms with van der Waals surface area (Å²) >= 11 is 0. The molecule has 1 rings (SSSR count). The van der Waals surface area contributed by atoms with Crippen LogP contribution in [0.5, 0.6) is 5.75 Å². The molecule has 0 bridgehead atoms. The highest BCUT2D eigenvalue weighted by Gasteiger charge is 2.14. The molecule has 0 saturated carbocycles. The fourth-order valence-corrected chi connectivity index (χ4v) is 1.91. The van der Waals surface area contributed by atoms with E-state index in [1.165, 1.54) is 0 Å². The molecule has 0 aliphatic heterocycles. The summed E-state index contributed by atoms with van der Waals surface area (Å²) in [7, 11) is 0. The van der Waals surface area contributed by atoms with E-state index in [4.69, 9.17) is 4.74 Å². The Labute approximate surface area is 132 Å². The molecule has 0 atom stereocenters.